The van der Waals surface area contributed by atoms with Gasteiger partial charge >= 0.3 is 0 Å². The van der Waals surface area contributed by atoms with E-state index in [1.54, 1.807) is 30.3 Å². The molecule has 0 aliphatic carbocycles. The molecule has 34 heavy (non-hydrogen) atoms. The van der Waals surface area contributed by atoms with Crippen LogP contribution in [0.3, 0.4) is 0 Å². The molecule has 1 heterocycles. The fourth-order valence-corrected chi connectivity index (χ4v) is 4.13. The van der Waals surface area contributed by atoms with Gasteiger partial charge in [0.25, 0.3) is 5.91 Å². The first-order chi connectivity index (χ1) is 16.5. The number of halogens is 2. The first-order valence-electron chi connectivity index (χ1n) is 11.0. The second-order valence-corrected chi connectivity index (χ2v) is 8.72. The molecule has 2 N–H and O–H groups in total. The van der Waals surface area contributed by atoms with Crippen LogP contribution in [0.5, 0.6) is 0 Å². The number of carbonyl (C=O) groups is 2. The lowest BCUT2D eigenvalue weighted by molar-refractivity contribution is -0.116. The molecule has 4 aromatic rings. The van der Waals surface area contributed by atoms with E-state index in [0.717, 1.165) is 17.5 Å². The third kappa shape index (κ3) is 5.41. The SMILES string of the molecule is CCC[C@@H](NC(=O)c1ccccc1)c1nc2ccccc2n1CC(=O)Nc1ccc(Cl)c(Cl)c1. The van der Waals surface area contributed by atoms with Gasteiger partial charge in [0.1, 0.15) is 12.4 Å². The highest BCUT2D eigenvalue weighted by atomic mass is 35.5. The summed E-state index contributed by atoms with van der Waals surface area (Å²) in [7, 11) is 0. The summed E-state index contributed by atoms with van der Waals surface area (Å²) in [5.74, 6) is 0.210. The molecule has 3 aromatic carbocycles. The first-order valence-corrected chi connectivity index (χ1v) is 11.8. The van der Waals surface area contributed by atoms with E-state index in [1.165, 1.54) is 0 Å². The number of benzene rings is 3. The van der Waals surface area contributed by atoms with Crippen LogP contribution in [0.15, 0.2) is 72.8 Å². The van der Waals surface area contributed by atoms with Gasteiger partial charge in [0.2, 0.25) is 5.91 Å². The van der Waals surface area contributed by atoms with Crippen LogP contribution in [0.1, 0.15) is 42.0 Å². The van der Waals surface area contributed by atoms with E-state index in [-0.39, 0.29) is 24.4 Å². The molecular weight excluding hydrogens is 471 g/mol. The maximum Gasteiger partial charge on any atom is 0.251 e. The number of aromatic nitrogens is 2. The fourth-order valence-electron chi connectivity index (χ4n) is 3.83. The second-order valence-electron chi connectivity index (χ2n) is 7.90. The van der Waals surface area contributed by atoms with Crippen LogP contribution in [-0.2, 0) is 11.3 Å². The summed E-state index contributed by atoms with van der Waals surface area (Å²) in [5.41, 5.74) is 2.70. The minimum absolute atomic E-state index is 0.0253. The number of carbonyl (C=O) groups excluding carboxylic acids is 2. The summed E-state index contributed by atoms with van der Waals surface area (Å²) in [5, 5.41) is 6.74. The van der Waals surface area contributed by atoms with E-state index < -0.39 is 0 Å². The van der Waals surface area contributed by atoms with Crippen LogP contribution in [0.2, 0.25) is 10.0 Å². The van der Waals surface area contributed by atoms with E-state index in [9.17, 15) is 9.59 Å². The minimum Gasteiger partial charge on any atom is -0.342 e. The van der Waals surface area contributed by atoms with Crippen LogP contribution in [0.4, 0.5) is 5.69 Å². The zero-order chi connectivity index (χ0) is 24.1. The van der Waals surface area contributed by atoms with Gasteiger partial charge in [-0.2, -0.15) is 0 Å². The van der Waals surface area contributed by atoms with Crippen LogP contribution >= 0.6 is 23.2 Å². The number of hydrogen-bond donors (Lipinski definition) is 2. The van der Waals surface area contributed by atoms with Gasteiger partial charge in [0, 0.05) is 11.3 Å². The zero-order valence-corrected chi connectivity index (χ0v) is 20.1. The largest absolute Gasteiger partial charge is 0.342 e. The molecule has 1 aromatic heterocycles. The van der Waals surface area contributed by atoms with Crippen LogP contribution in [0.25, 0.3) is 11.0 Å². The second kappa shape index (κ2) is 10.7. The molecule has 0 radical (unpaired) electrons. The van der Waals surface area contributed by atoms with Crippen LogP contribution < -0.4 is 10.6 Å². The van der Waals surface area contributed by atoms with Crippen molar-refractivity contribution < 1.29 is 9.59 Å². The van der Waals surface area contributed by atoms with E-state index >= 15 is 0 Å². The monoisotopic (exact) mass is 494 g/mol. The van der Waals surface area contributed by atoms with Crippen molar-refractivity contribution in [1.82, 2.24) is 14.9 Å². The molecule has 0 saturated heterocycles. The Hall–Kier alpha value is -3.35. The quantitative estimate of drug-likeness (QED) is 0.303. The van der Waals surface area contributed by atoms with Crippen molar-refractivity contribution in [2.24, 2.45) is 0 Å². The summed E-state index contributed by atoms with van der Waals surface area (Å²) in [6.45, 7) is 2.07. The Morgan fingerprint density at radius 3 is 2.44 bits per heavy atom. The van der Waals surface area contributed by atoms with Gasteiger partial charge in [-0.15, -0.1) is 0 Å². The molecule has 174 valence electrons. The van der Waals surface area contributed by atoms with Crippen molar-refractivity contribution in [3.05, 3.63) is 94.2 Å². The molecule has 0 unspecified atom stereocenters. The predicted molar refractivity (Wildman–Crippen MR) is 136 cm³/mol. The Bertz CT molecular complexity index is 1320. The van der Waals surface area contributed by atoms with E-state index in [0.29, 0.717) is 33.5 Å². The molecule has 0 spiro atoms. The Morgan fingerprint density at radius 1 is 0.971 bits per heavy atom. The third-order valence-corrected chi connectivity index (χ3v) is 6.16. The Kier molecular flexibility index (Phi) is 7.50. The summed E-state index contributed by atoms with van der Waals surface area (Å²) < 4.78 is 1.85. The summed E-state index contributed by atoms with van der Waals surface area (Å²) in [4.78, 5) is 30.7. The number of rotatable bonds is 8. The Morgan fingerprint density at radius 2 is 1.71 bits per heavy atom. The third-order valence-electron chi connectivity index (χ3n) is 5.42. The Labute approximate surface area is 207 Å². The molecule has 0 bridgehead atoms. The first kappa shape index (κ1) is 23.8. The molecule has 4 rings (SSSR count). The molecule has 0 fully saturated rings. The number of hydrogen-bond acceptors (Lipinski definition) is 3. The number of nitrogens with zero attached hydrogens (tertiary/aromatic N) is 2. The lowest BCUT2D eigenvalue weighted by atomic mass is 10.1. The molecule has 2 amide bonds. The van der Waals surface area contributed by atoms with Crippen molar-refractivity contribution in [3.63, 3.8) is 0 Å². The normalized spacial score (nSPS) is 11.9. The standard InChI is InChI=1S/C26H24Cl2N4O2/c1-2-8-22(31-26(34)17-9-4-3-5-10-17)25-30-21-11-6-7-12-23(21)32(25)16-24(33)29-18-13-14-19(27)20(28)15-18/h3-7,9-15,22H,2,8,16H2,1H3,(H,29,33)(H,31,34)/t22-/m1/s1. The van der Waals surface area contributed by atoms with Gasteiger partial charge in [-0.1, -0.05) is 66.9 Å². The average molecular weight is 495 g/mol. The van der Waals surface area contributed by atoms with Gasteiger partial charge in [0.05, 0.1) is 27.1 Å². The van der Waals surface area contributed by atoms with Crippen molar-refractivity contribution in [1.29, 1.82) is 0 Å². The summed E-state index contributed by atoms with van der Waals surface area (Å²) >= 11 is 12.1. The van der Waals surface area contributed by atoms with Gasteiger partial charge in [-0.25, -0.2) is 4.98 Å². The molecule has 0 aliphatic rings. The Balaban J connectivity index is 1.64. The van der Waals surface area contributed by atoms with E-state index in [1.807, 2.05) is 54.0 Å². The summed E-state index contributed by atoms with van der Waals surface area (Å²) in [6, 6.07) is 21.2. The van der Waals surface area contributed by atoms with E-state index in [2.05, 4.69) is 10.6 Å². The molecular formula is C26H24Cl2N4O2. The van der Waals surface area contributed by atoms with Gasteiger partial charge in [-0.05, 0) is 48.9 Å². The number of fused-ring (bicyclic) bond motifs is 1. The van der Waals surface area contributed by atoms with Crippen molar-refractivity contribution in [2.75, 3.05) is 5.32 Å². The molecule has 0 aliphatic heterocycles. The fraction of sp³-hybridized carbons (Fsp3) is 0.192. The molecule has 0 saturated carbocycles. The number of imidazole rings is 1. The number of nitrogens with one attached hydrogen (secondary N) is 2. The highest BCUT2D eigenvalue weighted by Gasteiger charge is 2.23. The molecule has 1 atom stereocenters. The maximum atomic E-state index is 13.0. The summed E-state index contributed by atoms with van der Waals surface area (Å²) in [6.07, 6.45) is 1.51. The maximum absolute atomic E-state index is 13.0. The smallest absolute Gasteiger partial charge is 0.251 e. The zero-order valence-electron chi connectivity index (χ0n) is 18.6. The highest BCUT2D eigenvalue weighted by Crippen LogP contribution is 2.26. The highest BCUT2D eigenvalue weighted by molar-refractivity contribution is 6.42. The molecule has 8 heteroatoms. The molecule has 6 nitrogen and oxygen atoms in total. The predicted octanol–water partition coefficient (Wildman–Crippen LogP) is 6.25. The van der Waals surface area contributed by atoms with Crippen molar-refractivity contribution >= 4 is 51.7 Å². The number of para-hydroxylation sites is 2. The van der Waals surface area contributed by atoms with Crippen molar-refractivity contribution in [2.45, 2.75) is 32.4 Å². The van der Waals surface area contributed by atoms with Crippen LogP contribution in [-0.4, -0.2) is 21.4 Å². The minimum atomic E-state index is -0.358. The van der Waals surface area contributed by atoms with Crippen molar-refractivity contribution in [3.8, 4) is 0 Å². The lowest BCUT2D eigenvalue weighted by Crippen LogP contribution is -2.31. The van der Waals surface area contributed by atoms with Gasteiger partial charge in [0.15, 0.2) is 0 Å². The number of amides is 2. The number of anilines is 1. The topological polar surface area (TPSA) is 76.0 Å². The van der Waals surface area contributed by atoms with Gasteiger partial charge < -0.3 is 15.2 Å². The van der Waals surface area contributed by atoms with Gasteiger partial charge in [-0.3, -0.25) is 9.59 Å². The van der Waals surface area contributed by atoms with E-state index in [4.69, 9.17) is 28.2 Å². The lowest BCUT2D eigenvalue weighted by Gasteiger charge is -2.20. The average Bonchev–Trinajstić information content (AvgIpc) is 3.20. The van der Waals surface area contributed by atoms with Crippen LogP contribution in [0, 0.1) is 0 Å².